The third-order valence-corrected chi connectivity index (χ3v) is 4.72. The summed E-state index contributed by atoms with van der Waals surface area (Å²) >= 11 is 0. The van der Waals surface area contributed by atoms with Crippen LogP contribution in [0.5, 0.6) is 11.5 Å². The topological polar surface area (TPSA) is 68.8 Å². The molecule has 2 aromatic rings. The fraction of sp³-hybridized carbons (Fsp3) is 0.350. The van der Waals surface area contributed by atoms with Gasteiger partial charge in [-0.1, -0.05) is 18.2 Å². The Balaban J connectivity index is 1.51. The number of carbonyl (C=O) groups excluding carboxylic acids is 1. The van der Waals surface area contributed by atoms with Crippen LogP contribution in [0.2, 0.25) is 0 Å². The fourth-order valence-corrected chi connectivity index (χ4v) is 3.32. The number of para-hydroxylation sites is 1. The van der Waals surface area contributed by atoms with Crippen LogP contribution < -0.4 is 20.1 Å². The van der Waals surface area contributed by atoms with Gasteiger partial charge in [0.05, 0.1) is 18.8 Å². The molecule has 2 N–H and O–H groups in total. The van der Waals surface area contributed by atoms with Crippen LogP contribution in [0.15, 0.2) is 42.5 Å². The Kier molecular flexibility index (Phi) is 4.67. The highest BCUT2D eigenvalue weighted by Crippen LogP contribution is 2.33. The van der Waals surface area contributed by atoms with Gasteiger partial charge in [0.15, 0.2) is 11.5 Å². The van der Waals surface area contributed by atoms with Crippen LogP contribution in [0.4, 0.5) is 5.69 Å². The number of nitrogens with one attached hydrogen (secondary N) is 2. The molecule has 0 aliphatic carbocycles. The highest BCUT2D eigenvalue weighted by molar-refractivity contribution is 6.01. The van der Waals surface area contributed by atoms with Gasteiger partial charge in [-0.05, 0) is 42.7 Å². The predicted molar refractivity (Wildman–Crippen MR) is 97.7 cm³/mol. The monoisotopic (exact) mass is 354 g/mol. The maximum absolute atomic E-state index is 12.3. The molecular weight excluding hydrogens is 332 g/mol. The summed E-state index contributed by atoms with van der Waals surface area (Å²) in [7, 11) is 1.61. The first-order valence-electron chi connectivity index (χ1n) is 8.83. The van der Waals surface area contributed by atoms with Crippen LogP contribution in [0.3, 0.4) is 0 Å². The minimum absolute atomic E-state index is 0.0953. The molecule has 1 fully saturated rings. The number of methoxy groups -OCH3 is 1. The molecule has 1 saturated heterocycles. The zero-order chi connectivity index (χ0) is 17.9. The molecule has 4 rings (SSSR count). The van der Waals surface area contributed by atoms with Gasteiger partial charge in [0.2, 0.25) is 0 Å². The van der Waals surface area contributed by atoms with Crippen molar-refractivity contribution in [2.24, 2.45) is 0 Å². The van der Waals surface area contributed by atoms with Gasteiger partial charge in [0.1, 0.15) is 12.8 Å². The lowest BCUT2D eigenvalue weighted by Gasteiger charge is -2.28. The van der Waals surface area contributed by atoms with E-state index in [4.69, 9.17) is 14.2 Å². The quantitative estimate of drug-likeness (QED) is 0.863. The van der Waals surface area contributed by atoms with Crippen LogP contribution in [0.1, 0.15) is 34.9 Å². The Hall–Kier alpha value is -2.73. The van der Waals surface area contributed by atoms with E-state index in [1.807, 2.05) is 36.4 Å². The molecule has 26 heavy (non-hydrogen) atoms. The van der Waals surface area contributed by atoms with E-state index in [1.165, 1.54) is 0 Å². The molecule has 0 spiro atoms. The number of fused-ring (bicyclic) bond motifs is 1. The fourth-order valence-electron chi connectivity index (χ4n) is 3.32. The van der Waals surface area contributed by atoms with Crippen LogP contribution >= 0.6 is 0 Å². The van der Waals surface area contributed by atoms with E-state index in [1.54, 1.807) is 13.2 Å². The molecule has 2 aromatic carbocycles. The van der Waals surface area contributed by atoms with Gasteiger partial charge < -0.3 is 24.8 Å². The molecule has 0 aromatic heterocycles. The molecule has 2 aliphatic heterocycles. The van der Waals surface area contributed by atoms with Gasteiger partial charge in [0, 0.05) is 12.3 Å². The summed E-state index contributed by atoms with van der Waals surface area (Å²) in [5, 5.41) is 6.31. The second-order valence-corrected chi connectivity index (χ2v) is 6.45. The van der Waals surface area contributed by atoms with Crippen LogP contribution in [-0.4, -0.2) is 32.3 Å². The molecule has 2 aliphatic rings. The molecule has 0 saturated carbocycles. The molecular formula is C20H22N2O4. The SMILES string of the molecule is COc1cc(C2NC(=O)c3ccccc3N2)ccc1OCC1CCCO1. The van der Waals surface area contributed by atoms with Crippen molar-refractivity contribution in [2.75, 3.05) is 25.6 Å². The Morgan fingerprint density at radius 1 is 1.15 bits per heavy atom. The van der Waals surface area contributed by atoms with Gasteiger partial charge in [0.25, 0.3) is 5.91 Å². The van der Waals surface area contributed by atoms with Crippen LogP contribution in [-0.2, 0) is 4.74 Å². The third kappa shape index (κ3) is 3.32. The number of rotatable bonds is 5. The van der Waals surface area contributed by atoms with Gasteiger partial charge in [-0.3, -0.25) is 4.79 Å². The van der Waals surface area contributed by atoms with Gasteiger partial charge in [-0.25, -0.2) is 0 Å². The normalized spacial score (nSPS) is 21.5. The highest BCUT2D eigenvalue weighted by Gasteiger charge is 2.25. The highest BCUT2D eigenvalue weighted by atomic mass is 16.5. The molecule has 6 heteroatoms. The van der Waals surface area contributed by atoms with E-state index >= 15 is 0 Å². The summed E-state index contributed by atoms with van der Waals surface area (Å²) in [5.74, 6) is 1.21. The first-order valence-corrected chi connectivity index (χ1v) is 8.83. The van der Waals surface area contributed by atoms with Crippen molar-refractivity contribution in [3.63, 3.8) is 0 Å². The van der Waals surface area contributed by atoms with Crippen molar-refractivity contribution in [2.45, 2.75) is 25.1 Å². The van der Waals surface area contributed by atoms with Crippen molar-refractivity contribution >= 4 is 11.6 Å². The molecule has 2 atom stereocenters. The van der Waals surface area contributed by atoms with E-state index in [0.29, 0.717) is 23.7 Å². The van der Waals surface area contributed by atoms with E-state index in [2.05, 4.69) is 10.6 Å². The predicted octanol–water partition coefficient (Wildman–Crippen LogP) is 3.11. The van der Waals surface area contributed by atoms with E-state index in [0.717, 1.165) is 30.7 Å². The van der Waals surface area contributed by atoms with E-state index < -0.39 is 0 Å². The summed E-state index contributed by atoms with van der Waals surface area (Å²) in [6.45, 7) is 1.32. The van der Waals surface area contributed by atoms with Crippen molar-refractivity contribution < 1.29 is 19.0 Å². The lowest BCUT2D eigenvalue weighted by molar-refractivity contribution is 0.0669. The minimum atomic E-state index is -0.321. The van der Waals surface area contributed by atoms with Crippen molar-refractivity contribution in [1.29, 1.82) is 0 Å². The lowest BCUT2D eigenvalue weighted by atomic mass is 10.1. The second kappa shape index (κ2) is 7.25. The molecule has 2 unspecified atom stereocenters. The third-order valence-electron chi connectivity index (χ3n) is 4.72. The summed E-state index contributed by atoms with van der Waals surface area (Å²) in [6.07, 6.45) is 1.94. The number of carbonyl (C=O) groups is 1. The van der Waals surface area contributed by atoms with Crippen molar-refractivity contribution in [1.82, 2.24) is 5.32 Å². The molecule has 2 heterocycles. The Morgan fingerprint density at radius 2 is 2.04 bits per heavy atom. The standard InChI is InChI=1S/C20H22N2O4/c1-24-18-11-13(8-9-17(18)26-12-14-5-4-10-25-14)19-21-16-7-3-2-6-15(16)20(23)22-19/h2-3,6-9,11,14,19,21H,4-5,10,12H2,1H3,(H,22,23). The molecule has 136 valence electrons. The van der Waals surface area contributed by atoms with Gasteiger partial charge in [-0.2, -0.15) is 0 Å². The average molecular weight is 354 g/mol. The first kappa shape index (κ1) is 16.7. The van der Waals surface area contributed by atoms with E-state index in [-0.39, 0.29) is 18.2 Å². The number of hydrogen-bond donors (Lipinski definition) is 2. The molecule has 1 amide bonds. The summed E-state index contributed by atoms with van der Waals surface area (Å²) in [4.78, 5) is 12.3. The van der Waals surface area contributed by atoms with Crippen LogP contribution in [0.25, 0.3) is 0 Å². The largest absolute Gasteiger partial charge is 0.493 e. The zero-order valence-corrected chi connectivity index (χ0v) is 14.7. The number of benzene rings is 2. The number of amides is 1. The maximum atomic E-state index is 12.3. The van der Waals surface area contributed by atoms with Crippen molar-refractivity contribution in [3.05, 3.63) is 53.6 Å². The van der Waals surface area contributed by atoms with Crippen LogP contribution in [0, 0.1) is 0 Å². The smallest absolute Gasteiger partial charge is 0.255 e. The summed E-state index contributed by atoms with van der Waals surface area (Å²) < 4.78 is 16.9. The van der Waals surface area contributed by atoms with E-state index in [9.17, 15) is 4.79 Å². The Morgan fingerprint density at radius 3 is 2.85 bits per heavy atom. The Bertz CT molecular complexity index is 802. The second-order valence-electron chi connectivity index (χ2n) is 6.45. The molecule has 0 radical (unpaired) electrons. The lowest BCUT2D eigenvalue weighted by Crippen LogP contribution is -2.38. The van der Waals surface area contributed by atoms with Gasteiger partial charge >= 0.3 is 0 Å². The molecule has 6 nitrogen and oxygen atoms in total. The zero-order valence-electron chi connectivity index (χ0n) is 14.7. The number of hydrogen-bond acceptors (Lipinski definition) is 5. The van der Waals surface area contributed by atoms with Crippen molar-refractivity contribution in [3.8, 4) is 11.5 Å². The molecule has 0 bridgehead atoms. The average Bonchev–Trinajstić information content (AvgIpc) is 3.20. The number of ether oxygens (including phenoxy) is 3. The Labute approximate surface area is 152 Å². The minimum Gasteiger partial charge on any atom is -0.493 e. The summed E-state index contributed by atoms with van der Waals surface area (Å²) in [6, 6.07) is 13.1. The van der Waals surface area contributed by atoms with Gasteiger partial charge in [-0.15, -0.1) is 0 Å². The first-order chi connectivity index (χ1) is 12.7. The summed E-state index contributed by atoms with van der Waals surface area (Å²) in [5.41, 5.74) is 2.36. The maximum Gasteiger partial charge on any atom is 0.255 e. The number of anilines is 1.